The van der Waals surface area contributed by atoms with Crippen LogP contribution in [0.2, 0.25) is 0 Å². The quantitative estimate of drug-likeness (QED) is 0.330. The summed E-state index contributed by atoms with van der Waals surface area (Å²) in [5.74, 6) is 2.57. The molecule has 0 aromatic heterocycles. The normalized spacial score (nSPS) is 18.5. The summed E-state index contributed by atoms with van der Waals surface area (Å²) >= 11 is 0. The van der Waals surface area contributed by atoms with Crippen LogP contribution in [0, 0.1) is 12.3 Å². The maximum absolute atomic E-state index is 5.76. The molecule has 0 aromatic carbocycles. The van der Waals surface area contributed by atoms with Gasteiger partial charge < -0.3 is 19.7 Å². The number of hydrogen-bond acceptors (Lipinski definition) is 5. The minimum absolute atomic E-state index is 0.231. The van der Waals surface area contributed by atoms with Crippen molar-refractivity contribution in [1.82, 2.24) is 15.3 Å². The predicted molar refractivity (Wildman–Crippen MR) is 90.2 cm³/mol. The van der Waals surface area contributed by atoms with Crippen molar-refractivity contribution in [1.29, 1.82) is 0 Å². The average Bonchev–Trinajstić information content (AvgIpc) is 2.54. The molecule has 6 heteroatoms. The fourth-order valence-electron chi connectivity index (χ4n) is 2.31. The molecule has 1 fully saturated rings. The number of likely N-dealkylation sites (N-methyl/N-ethyl adjacent to an activating group) is 1. The molecule has 0 aromatic rings. The first kappa shape index (κ1) is 18.8. The van der Waals surface area contributed by atoms with E-state index in [0.717, 1.165) is 26.2 Å². The Morgan fingerprint density at radius 3 is 2.52 bits per heavy atom. The van der Waals surface area contributed by atoms with Gasteiger partial charge in [-0.1, -0.05) is 9.39 Å². The van der Waals surface area contributed by atoms with Gasteiger partial charge in [-0.05, 0) is 33.0 Å². The van der Waals surface area contributed by atoms with Gasteiger partial charge in [0.15, 0.2) is 0 Å². The summed E-state index contributed by atoms with van der Waals surface area (Å²) in [5, 5.41) is 6.47. The van der Waals surface area contributed by atoms with E-state index >= 15 is 0 Å². The van der Waals surface area contributed by atoms with Crippen molar-refractivity contribution >= 4 is 9.39 Å². The van der Waals surface area contributed by atoms with Crippen LogP contribution in [0.15, 0.2) is 0 Å². The Kier molecular flexibility index (Phi) is 11.1. The molecular weight excluding hydrogens is 285 g/mol. The zero-order chi connectivity index (χ0) is 15.3. The number of hydrogen-bond donors (Lipinski definition) is 2. The molecule has 21 heavy (non-hydrogen) atoms. The summed E-state index contributed by atoms with van der Waals surface area (Å²) in [4.78, 5) is 2.47. The van der Waals surface area contributed by atoms with Crippen LogP contribution in [0.1, 0.15) is 19.3 Å². The van der Waals surface area contributed by atoms with Gasteiger partial charge in [-0.15, -0.1) is 12.3 Å². The molecule has 0 spiro atoms. The molecule has 1 aliphatic heterocycles. The number of rotatable bonds is 11. The Balaban J connectivity index is 2.00. The van der Waals surface area contributed by atoms with E-state index in [4.69, 9.17) is 15.9 Å². The lowest BCUT2D eigenvalue weighted by molar-refractivity contribution is 0.0473. The standard InChI is InChI=1S/C15H30N3O2P/c1-3-4-10-19-12-15(16-2)13-20-11-9-18-7-5-14(17-21)6-8-18/h1,14-17H,4-13,21H2,2H3. The number of ether oxygens (including phenoxy) is 2. The van der Waals surface area contributed by atoms with E-state index in [1.54, 1.807) is 0 Å². The van der Waals surface area contributed by atoms with E-state index in [-0.39, 0.29) is 6.04 Å². The lowest BCUT2D eigenvalue weighted by Gasteiger charge is -2.31. The third-order valence-electron chi connectivity index (χ3n) is 3.81. The second kappa shape index (κ2) is 12.3. The monoisotopic (exact) mass is 315 g/mol. The van der Waals surface area contributed by atoms with Crippen molar-refractivity contribution in [2.75, 3.05) is 53.1 Å². The van der Waals surface area contributed by atoms with E-state index in [9.17, 15) is 0 Å². The fourth-order valence-corrected chi connectivity index (χ4v) is 2.65. The van der Waals surface area contributed by atoms with E-state index in [1.807, 2.05) is 7.05 Å². The van der Waals surface area contributed by atoms with Crippen molar-refractivity contribution < 1.29 is 9.47 Å². The van der Waals surface area contributed by atoms with Crippen molar-refractivity contribution in [3.05, 3.63) is 0 Å². The summed E-state index contributed by atoms with van der Waals surface area (Å²) in [7, 11) is 4.55. The smallest absolute Gasteiger partial charge is 0.0642 e. The van der Waals surface area contributed by atoms with Crippen LogP contribution in [-0.2, 0) is 9.47 Å². The lowest BCUT2D eigenvalue weighted by Crippen LogP contribution is -2.41. The largest absolute Gasteiger partial charge is 0.379 e. The Hall–Kier alpha value is -0.210. The molecule has 2 atom stereocenters. The second-order valence-corrected chi connectivity index (χ2v) is 5.71. The van der Waals surface area contributed by atoms with Crippen molar-refractivity contribution in [2.24, 2.45) is 0 Å². The molecule has 0 aliphatic carbocycles. The molecular formula is C15H30N3O2P. The molecule has 0 radical (unpaired) electrons. The van der Waals surface area contributed by atoms with Gasteiger partial charge in [0.2, 0.25) is 0 Å². The highest BCUT2D eigenvalue weighted by molar-refractivity contribution is 7.13. The van der Waals surface area contributed by atoms with Crippen LogP contribution in [0.3, 0.4) is 0 Å². The van der Waals surface area contributed by atoms with E-state index in [1.165, 1.54) is 12.8 Å². The highest BCUT2D eigenvalue weighted by atomic mass is 31.0. The van der Waals surface area contributed by atoms with Gasteiger partial charge in [0.25, 0.3) is 0 Å². The molecule has 0 bridgehead atoms. The highest BCUT2D eigenvalue weighted by Crippen LogP contribution is 2.10. The highest BCUT2D eigenvalue weighted by Gasteiger charge is 2.17. The SMILES string of the molecule is C#CCCOCC(COCCN1CCC(NP)CC1)NC. The van der Waals surface area contributed by atoms with Gasteiger partial charge in [0, 0.05) is 19.0 Å². The lowest BCUT2D eigenvalue weighted by atomic mass is 10.1. The molecule has 1 aliphatic rings. The molecule has 122 valence electrons. The Bertz CT molecular complexity index is 291. The summed E-state index contributed by atoms with van der Waals surface area (Å²) in [6, 6.07) is 0.885. The van der Waals surface area contributed by atoms with Gasteiger partial charge in [0.05, 0.1) is 32.5 Å². The van der Waals surface area contributed by atoms with Gasteiger partial charge >= 0.3 is 0 Å². The third-order valence-corrected chi connectivity index (χ3v) is 4.28. The average molecular weight is 315 g/mol. The molecule has 1 rings (SSSR count). The van der Waals surface area contributed by atoms with Gasteiger partial charge in [-0.3, -0.25) is 5.09 Å². The van der Waals surface area contributed by atoms with E-state index in [2.05, 4.69) is 30.6 Å². The van der Waals surface area contributed by atoms with E-state index in [0.29, 0.717) is 32.3 Å². The Morgan fingerprint density at radius 1 is 1.29 bits per heavy atom. The molecule has 2 N–H and O–H groups in total. The Morgan fingerprint density at radius 2 is 1.95 bits per heavy atom. The molecule has 1 heterocycles. The Labute approximate surface area is 131 Å². The molecule has 0 amide bonds. The zero-order valence-corrected chi connectivity index (χ0v) is 14.3. The maximum Gasteiger partial charge on any atom is 0.0642 e. The van der Waals surface area contributed by atoms with Crippen LogP contribution in [0.25, 0.3) is 0 Å². The third kappa shape index (κ3) is 8.73. The van der Waals surface area contributed by atoms with Crippen LogP contribution in [0.4, 0.5) is 0 Å². The van der Waals surface area contributed by atoms with Gasteiger partial charge in [-0.25, -0.2) is 0 Å². The first-order chi connectivity index (χ1) is 10.3. The fraction of sp³-hybridized carbons (Fsp3) is 0.867. The minimum Gasteiger partial charge on any atom is -0.379 e. The molecule has 0 saturated carbocycles. The number of terminal acetylenes is 1. The summed E-state index contributed by atoms with van der Waals surface area (Å²) < 4.78 is 11.2. The van der Waals surface area contributed by atoms with Crippen LogP contribution in [-0.4, -0.2) is 70.1 Å². The minimum atomic E-state index is 0.231. The summed E-state index contributed by atoms with van der Waals surface area (Å²) in [6.07, 6.45) is 8.28. The summed E-state index contributed by atoms with van der Waals surface area (Å²) in [5.41, 5.74) is 0. The van der Waals surface area contributed by atoms with Crippen molar-refractivity contribution in [2.45, 2.75) is 31.3 Å². The van der Waals surface area contributed by atoms with Crippen LogP contribution >= 0.6 is 9.39 Å². The second-order valence-electron chi connectivity index (χ2n) is 5.37. The molecule has 5 nitrogen and oxygen atoms in total. The van der Waals surface area contributed by atoms with Gasteiger partial charge in [-0.2, -0.15) is 0 Å². The topological polar surface area (TPSA) is 45.8 Å². The summed E-state index contributed by atoms with van der Waals surface area (Å²) in [6.45, 7) is 6.03. The molecule has 1 saturated heterocycles. The first-order valence-corrected chi connectivity index (χ1v) is 8.32. The number of likely N-dealkylation sites (tertiary alicyclic amines) is 1. The van der Waals surface area contributed by atoms with Crippen LogP contribution < -0.4 is 10.4 Å². The predicted octanol–water partition coefficient (Wildman–Crippen LogP) is 0.475. The number of nitrogens with one attached hydrogen (secondary N) is 2. The number of piperidine rings is 1. The molecule has 2 unspecified atom stereocenters. The van der Waals surface area contributed by atoms with Crippen molar-refractivity contribution in [3.8, 4) is 12.3 Å². The van der Waals surface area contributed by atoms with Gasteiger partial charge in [0.1, 0.15) is 0 Å². The van der Waals surface area contributed by atoms with Crippen LogP contribution in [0.5, 0.6) is 0 Å². The van der Waals surface area contributed by atoms with Crippen molar-refractivity contribution in [3.63, 3.8) is 0 Å². The van der Waals surface area contributed by atoms with E-state index < -0.39 is 0 Å². The zero-order valence-electron chi connectivity index (χ0n) is 13.1. The first-order valence-electron chi connectivity index (χ1n) is 7.74. The number of nitrogens with zero attached hydrogens (tertiary/aromatic N) is 1. The maximum atomic E-state index is 5.76.